The molecule has 3 aromatic heterocycles. The third-order valence-electron chi connectivity index (χ3n) is 2.86. The summed E-state index contributed by atoms with van der Waals surface area (Å²) in [5, 5.41) is 18.5. The highest BCUT2D eigenvalue weighted by molar-refractivity contribution is 7.13. The Bertz CT molecular complexity index is 644. The maximum atomic E-state index is 9.18. The van der Waals surface area contributed by atoms with Gasteiger partial charge in [-0.2, -0.15) is 5.10 Å². The number of rotatable bonds is 5. The van der Waals surface area contributed by atoms with Crippen molar-refractivity contribution in [3.05, 3.63) is 42.0 Å². The zero-order valence-corrected chi connectivity index (χ0v) is 12.3. The van der Waals surface area contributed by atoms with Crippen molar-refractivity contribution < 1.29 is 5.11 Å². The van der Waals surface area contributed by atoms with Crippen LogP contribution in [-0.2, 0) is 0 Å². The third-order valence-corrected chi connectivity index (χ3v) is 3.73. The van der Waals surface area contributed by atoms with Crippen molar-refractivity contribution in [2.75, 3.05) is 11.9 Å². The number of aliphatic hydroxyl groups excluding tert-OH is 1. The van der Waals surface area contributed by atoms with E-state index in [1.807, 2.05) is 42.8 Å². The largest absolute Gasteiger partial charge is 0.394 e. The standard InChI is InChI=1S/C14H15N5OS/c1-10(9-20)16-12-8-13(19-6-3-5-15-19)18-14(17-12)11-4-2-7-21-11/h2-8,10,20H,9H2,1H3,(H,16,17,18). The van der Waals surface area contributed by atoms with Crippen LogP contribution in [0.3, 0.4) is 0 Å². The maximum Gasteiger partial charge on any atom is 0.173 e. The van der Waals surface area contributed by atoms with Gasteiger partial charge in [-0.1, -0.05) is 6.07 Å². The van der Waals surface area contributed by atoms with E-state index < -0.39 is 0 Å². The van der Waals surface area contributed by atoms with Gasteiger partial charge in [-0.3, -0.25) is 0 Å². The Hall–Kier alpha value is -2.25. The highest BCUT2D eigenvalue weighted by Gasteiger charge is 2.10. The van der Waals surface area contributed by atoms with Crippen LogP contribution in [0.25, 0.3) is 16.5 Å². The molecule has 3 heterocycles. The molecule has 0 amide bonds. The summed E-state index contributed by atoms with van der Waals surface area (Å²) in [5.41, 5.74) is 0. The molecule has 0 aliphatic rings. The first-order chi connectivity index (χ1) is 10.3. The van der Waals surface area contributed by atoms with Gasteiger partial charge in [0, 0.05) is 24.5 Å². The summed E-state index contributed by atoms with van der Waals surface area (Å²) in [6.07, 6.45) is 3.54. The van der Waals surface area contributed by atoms with Gasteiger partial charge in [0.05, 0.1) is 11.5 Å². The molecule has 6 nitrogen and oxygen atoms in total. The van der Waals surface area contributed by atoms with Crippen LogP contribution in [-0.4, -0.2) is 37.5 Å². The Morgan fingerprint density at radius 3 is 2.95 bits per heavy atom. The van der Waals surface area contributed by atoms with E-state index in [2.05, 4.69) is 20.4 Å². The van der Waals surface area contributed by atoms with Gasteiger partial charge in [0.15, 0.2) is 11.6 Å². The molecule has 1 atom stereocenters. The zero-order valence-electron chi connectivity index (χ0n) is 11.5. The normalized spacial score (nSPS) is 12.3. The first-order valence-electron chi connectivity index (χ1n) is 6.56. The van der Waals surface area contributed by atoms with E-state index in [0.29, 0.717) is 17.5 Å². The molecule has 0 aliphatic heterocycles. The average Bonchev–Trinajstić information content (AvgIpc) is 3.20. The number of nitrogens with one attached hydrogen (secondary N) is 1. The molecule has 0 fully saturated rings. The van der Waals surface area contributed by atoms with Gasteiger partial charge in [-0.25, -0.2) is 14.6 Å². The van der Waals surface area contributed by atoms with Gasteiger partial charge in [-0.15, -0.1) is 11.3 Å². The molecule has 0 spiro atoms. The minimum atomic E-state index is -0.0819. The predicted molar refractivity (Wildman–Crippen MR) is 82.6 cm³/mol. The third kappa shape index (κ3) is 3.09. The lowest BCUT2D eigenvalue weighted by Crippen LogP contribution is -2.20. The van der Waals surface area contributed by atoms with Crippen molar-refractivity contribution >= 4 is 17.2 Å². The Balaban J connectivity index is 2.04. The zero-order chi connectivity index (χ0) is 14.7. The van der Waals surface area contributed by atoms with Crippen molar-refractivity contribution in [3.63, 3.8) is 0 Å². The summed E-state index contributed by atoms with van der Waals surface area (Å²) >= 11 is 1.58. The number of nitrogens with zero attached hydrogens (tertiary/aromatic N) is 4. The van der Waals surface area contributed by atoms with Gasteiger partial charge < -0.3 is 10.4 Å². The minimum absolute atomic E-state index is 0.0371. The molecule has 0 bridgehead atoms. The summed E-state index contributed by atoms with van der Waals surface area (Å²) in [5.74, 6) is 2.00. The molecule has 0 radical (unpaired) electrons. The van der Waals surface area contributed by atoms with E-state index in [1.54, 1.807) is 22.2 Å². The SMILES string of the molecule is CC(CO)Nc1cc(-n2cccn2)nc(-c2cccs2)n1. The molecule has 108 valence electrons. The van der Waals surface area contributed by atoms with Crippen LogP contribution in [0.4, 0.5) is 5.82 Å². The summed E-state index contributed by atoms with van der Waals surface area (Å²) in [7, 11) is 0. The summed E-state index contributed by atoms with van der Waals surface area (Å²) in [6, 6.07) is 7.52. The number of aliphatic hydroxyl groups is 1. The first kappa shape index (κ1) is 13.7. The summed E-state index contributed by atoms with van der Waals surface area (Å²) in [4.78, 5) is 10.0. The van der Waals surface area contributed by atoms with E-state index in [4.69, 9.17) is 0 Å². The van der Waals surface area contributed by atoms with Crippen LogP contribution >= 0.6 is 11.3 Å². The quantitative estimate of drug-likeness (QED) is 0.755. The molecule has 3 rings (SSSR count). The molecular formula is C14H15N5OS. The van der Waals surface area contributed by atoms with Crippen LogP contribution in [0.1, 0.15) is 6.92 Å². The highest BCUT2D eigenvalue weighted by atomic mass is 32.1. The van der Waals surface area contributed by atoms with Gasteiger partial charge in [0.25, 0.3) is 0 Å². The fourth-order valence-corrected chi connectivity index (χ4v) is 2.50. The van der Waals surface area contributed by atoms with Crippen LogP contribution in [0.5, 0.6) is 0 Å². The van der Waals surface area contributed by atoms with Crippen molar-refractivity contribution in [2.45, 2.75) is 13.0 Å². The number of thiophene rings is 1. The lowest BCUT2D eigenvalue weighted by Gasteiger charge is -2.13. The summed E-state index contributed by atoms with van der Waals surface area (Å²) < 4.78 is 1.69. The first-order valence-corrected chi connectivity index (χ1v) is 7.44. The van der Waals surface area contributed by atoms with E-state index >= 15 is 0 Å². The smallest absolute Gasteiger partial charge is 0.173 e. The van der Waals surface area contributed by atoms with Crippen molar-refractivity contribution in [2.24, 2.45) is 0 Å². The molecule has 2 N–H and O–H groups in total. The van der Waals surface area contributed by atoms with E-state index in [1.165, 1.54) is 0 Å². The van der Waals surface area contributed by atoms with Crippen molar-refractivity contribution in [3.8, 4) is 16.5 Å². The monoisotopic (exact) mass is 301 g/mol. The van der Waals surface area contributed by atoms with Gasteiger partial charge in [0.2, 0.25) is 0 Å². The lowest BCUT2D eigenvalue weighted by atomic mass is 10.3. The fourth-order valence-electron chi connectivity index (χ4n) is 1.84. The predicted octanol–water partition coefficient (Wildman–Crippen LogP) is 2.18. The highest BCUT2D eigenvalue weighted by Crippen LogP contribution is 2.24. The molecular weight excluding hydrogens is 286 g/mol. The van der Waals surface area contributed by atoms with Crippen LogP contribution in [0, 0.1) is 0 Å². The number of anilines is 1. The van der Waals surface area contributed by atoms with Crippen molar-refractivity contribution in [1.82, 2.24) is 19.7 Å². The number of hydrogen-bond donors (Lipinski definition) is 2. The van der Waals surface area contributed by atoms with Gasteiger partial charge >= 0.3 is 0 Å². The Kier molecular flexibility index (Phi) is 3.94. The van der Waals surface area contributed by atoms with E-state index in [9.17, 15) is 5.11 Å². The Morgan fingerprint density at radius 2 is 2.29 bits per heavy atom. The fraction of sp³-hybridized carbons (Fsp3) is 0.214. The van der Waals surface area contributed by atoms with Crippen molar-refractivity contribution in [1.29, 1.82) is 0 Å². The Morgan fingerprint density at radius 1 is 1.38 bits per heavy atom. The van der Waals surface area contributed by atoms with Gasteiger partial charge in [0.1, 0.15) is 5.82 Å². The second-order valence-electron chi connectivity index (χ2n) is 4.59. The molecule has 0 aliphatic carbocycles. The average molecular weight is 301 g/mol. The molecule has 3 aromatic rings. The minimum Gasteiger partial charge on any atom is -0.394 e. The van der Waals surface area contributed by atoms with Crippen LogP contribution < -0.4 is 5.32 Å². The summed E-state index contributed by atoms with van der Waals surface area (Å²) in [6.45, 7) is 1.93. The number of aromatic nitrogens is 4. The topological polar surface area (TPSA) is 75.9 Å². The molecule has 0 saturated carbocycles. The van der Waals surface area contributed by atoms with Crippen LogP contribution in [0.2, 0.25) is 0 Å². The molecule has 1 unspecified atom stereocenters. The lowest BCUT2D eigenvalue weighted by molar-refractivity contribution is 0.281. The van der Waals surface area contributed by atoms with Crippen LogP contribution in [0.15, 0.2) is 42.0 Å². The Labute approximate surface area is 126 Å². The second kappa shape index (κ2) is 6.02. The van der Waals surface area contributed by atoms with Gasteiger partial charge in [-0.05, 0) is 24.4 Å². The molecule has 21 heavy (non-hydrogen) atoms. The second-order valence-corrected chi connectivity index (χ2v) is 5.54. The van der Waals surface area contributed by atoms with E-state index in [-0.39, 0.29) is 12.6 Å². The van der Waals surface area contributed by atoms with E-state index in [0.717, 1.165) is 4.88 Å². The molecule has 0 aromatic carbocycles. The molecule has 0 saturated heterocycles. The maximum absolute atomic E-state index is 9.18. The number of hydrogen-bond acceptors (Lipinski definition) is 6. The molecule has 7 heteroatoms.